The second-order valence-electron chi connectivity index (χ2n) is 5.49. The predicted molar refractivity (Wildman–Crippen MR) is 93.1 cm³/mol. The SMILES string of the molecule is CCCC[N+]1(CC(=O)O)C=NC(C(=O)Nc2ccc(O)cc2)=C1.Cl. The van der Waals surface area contributed by atoms with Crippen LogP contribution in [0.2, 0.25) is 0 Å². The lowest BCUT2D eigenvalue weighted by atomic mass is 10.2. The van der Waals surface area contributed by atoms with Gasteiger partial charge >= 0.3 is 5.97 Å². The zero-order valence-electron chi connectivity index (χ0n) is 13.3. The zero-order valence-corrected chi connectivity index (χ0v) is 14.1. The largest absolute Gasteiger partial charge is 0.508 e. The van der Waals surface area contributed by atoms with Crippen molar-refractivity contribution in [3.05, 3.63) is 36.2 Å². The average molecular weight is 355 g/mol. The number of aliphatic imine (C=N–C) groups is 1. The topological polar surface area (TPSA) is 99.0 Å². The quantitative estimate of drug-likeness (QED) is 0.517. The van der Waals surface area contributed by atoms with Gasteiger partial charge in [-0.05, 0) is 30.7 Å². The first-order chi connectivity index (χ1) is 10.9. The number of carbonyl (C=O) groups excluding carboxylic acids is 1. The molecule has 0 saturated carbocycles. The fraction of sp³-hybridized carbons (Fsp3) is 0.312. The molecule has 0 radical (unpaired) electrons. The number of carboxylic acid groups (broad SMARTS) is 1. The first-order valence-corrected chi connectivity index (χ1v) is 7.41. The first kappa shape index (κ1) is 19.7. The van der Waals surface area contributed by atoms with Gasteiger partial charge in [0.1, 0.15) is 11.9 Å². The van der Waals surface area contributed by atoms with Crippen LogP contribution in [0.15, 0.2) is 41.2 Å². The molecule has 1 aromatic rings. The normalized spacial score (nSPS) is 18.6. The molecule has 0 saturated heterocycles. The highest BCUT2D eigenvalue weighted by molar-refractivity contribution is 6.04. The van der Waals surface area contributed by atoms with Gasteiger partial charge in [-0.1, -0.05) is 13.3 Å². The molecule has 1 atom stereocenters. The molecule has 1 aliphatic heterocycles. The number of phenolic OH excluding ortho intramolecular Hbond substituents is 1. The van der Waals surface area contributed by atoms with Gasteiger partial charge in [0, 0.05) is 5.69 Å². The molecular formula is C16H21ClN3O4+. The molecule has 0 spiro atoms. The average Bonchev–Trinajstić information content (AvgIpc) is 2.91. The number of aliphatic carboxylic acids is 1. The van der Waals surface area contributed by atoms with Crippen molar-refractivity contribution < 1.29 is 24.3 Å². The van der Waals surface area contributed by atoms with Crippen molar-refractivity contribution in [2.45, 2.75) is 19.8 Å². The number of halogens is 1. The highest BCUT2D eigenvalue weighted by Crippen LogP contribution is 2.20. The van der Waals surface area contributed by atoms with Crippen LogP contribution >= 0.6 is 12.4 Å². The maximum absolute atomic E-state index is 12.2. The maximum Gasteiger partial charge on any atom is 0.360 e. The van der Waals surface area contributed by atoms with E-state index in [-0.39, 0.29) is 34.9 Å². The van der Waals surface area contributed by atoms with E-state index in [1.54, 1.807) is 18.3 Å². The maximum atomic E-state index is 12.2. The van der Waals surface area contributed by atoms with Crippen LogP contribution in [0.4, 0.5) is 5.69 Å². The molecule has 24 heavy (non-hydrogen) atoms. The molecule has 1 amide bonds. The number of nitrogens with one attached hydrogen (secondary N) is 1. The molecule has 0 aliphatic carbocycles. The third kappa shape index (κ3) is 5.07. The van der Waals surface area contributed by atoms with Crippen molar-refractivity contribution in [1.82, 2.24) is 0 Å². The Labute approximate surface area is 146 Å². The van der Waals surface area contributed by atoms with E-state index in [9.17, 15) is 14.7 Å². The molecule has 1 aromatic carbocycles. The molecule has 1 aliphatic rings. The molecule has 1 heterocycles. The van der Waals surface area contributed by atoms with Crippen LogP contribution in [0, 0.1) is 0 Å². The number of hydrogen-bond acceptors (Lipinski definition) is 4. The highest BCUT2D eigenvalue weighted by atomic mass is 35.5. The number of benzene rings is 1. The van der Waals surface area contributed by atoms with Crippen molar-refractivity contribution in [3.63, 3.8) is 0 Å². The summed E-state index contributed by atoms with van der Waals surface area (Å²) >= 11 is 0. The summed E-state index contributed by atoms with van der Waals surface area (Å²) in [5, 5.41) is 21.0. The van der Waals surface area contributed by atoms with Gasteiger partial charge in [-0.2, -0.15) is 4.99 Å². The summed E-state index contributed by atoms with van der Waals surface area (Å²) in [6, 6.07) is 6.08. The minimum Gasteiger partial charge on any atom is -0.508 e. The summed E-state index contributed by atoms with van der Waals surface area (Å²) in [5.74, 6) is -1.24. The Hall–Kier alpha value is -2.38. The van der Waals surface area contributed by atoms with Crippen molar-refractivity contribution in [2.24, 2.45) is 4.99 Å². The first-order valence-electron chi connectivity index (χ1n) is 7.41. The minimum absolute atomic E-state index is 0. The molecule has 2 rings (SSSR count). The van der Waals surface area contributed by atoms with Crippen LogP contribution in [0.1, 0.15) is 19.8 Å². The lowest BCUT2D eigenvalue weighted by molar-refractivity contribution is -0.771. The summed E-state index contributed by atoms with van der Waals surface area (Å²) < 4.78 is 0.0432. The number of hydrogen-bond donors (Lipinski definition) is 3. The van der Waals surface area contributed by atoms with Gasteiger partial charge in [0.15, 0.2) is 18.6 Å². The fourth-order valence-corrected chi connectivity index (χ4v) is 2.34. The number of aromatic hydroxyl groups is 1. The van der Waals surface area contributed by atoms with Gasteiger partial charge in [-0.3, -0.25) is 4.79 Å². The van der Waals surface area contributed by atoms with E-state index in [4.69, 9.17) is 5.11 Å². The Kier molecular flexibility index (Phi) is 6.94. The number of unbranched alkanes of at least 4 members (excludes halogenated alkanes) is 1. The van der Waals surface area contributed by atoms with Crippen LogP contribution < -0.4 is 5.32 Å². The van der Waals surface area contributed by atoms with E-state index in [1.807, 2.05) is 6.92 Å². The Morgan fingerprint density at radius 1 is 1.25 bits per heavy atom. The second-order valence-corrected chi connectivity index (χ2v) is 5.49. The smallest absolute Gasteiger partial charge is 0.360 e. The lowest BCUT2D eigenvalue weighted by Crippen LogP contribution is -2.44. The van der Waals surface area contributed by atoms with Crippen molar-refractivity contribution in [2.75, 3.05) is 18.4 Å². The molecule has 130 valence electrons. The van der Waals surface area contributed by atoms with Crippen LogP contribution in [0.25, 0.3) is 0 Å². The summed E-state index contributed by atoms with van der Waals surface area (Å²) in [5.41, 5.74) is 0.719. The van der Waals surface area contributed by atoms with E-state index in [0.29, 0.717) is 12.2 Å². The third-order valence-electron chi connectivity index (χ3n) is 3.52. The standard InChI is InChI=1S/C16H19N3O4.ClH/c1-2-3-8-19(10-15(21)22)9-14(17-11-19)16(23)18-12-4-6-13(20)7-5-12;/h4-7,9,11H,2-3,8,10H2,1H3,(H2-,18,20,21,22,23);1H/p+1. The van der Waals surface area contributed by atoms with Crippen LogP contribution in [-0.2, 0) is 9.59 Å². The molecule has 8 heteroatoms. The van der Waals surface area contributed by atoms with Crippen LogP contribution in [-0.4, -0.2) is 46.0 Å². The molecule has 0 aromatic heterocycles. The molecule has 0 fully saturated rings. The zero-order chi connectivity index (χ0) is 16.9. The van der Waals surface area contributed by atoms with Gasteiger partial charge in [0.2, 0.25) is 0 Å². The monoisotopic (exact) mass is 354 g/mol. The van der Waals surface area contributed by atoms with Crippen LogP contribution in [0.5, 0.6) is 5.75 Å². The van der Waals surface area contributed by atoms with Crippen molar-refractivity contribution >= 4 is 36.3 Å². The van der Waals surface area contributed by atoms with E-state index in [1.165, 1.54) is 18.5 Å². The number of amides is 1. The molecule has 7 nitrogen and oxygen atoms in total. The highest BCUT2D eigenvalue weighted by Gasteiger charge is 2.33. The number of nitrogens with zero attached hydrogens (tertiary/aromatic N) is 2. The van der Waals surface area contributed by atoms with Gasteiger partial charge in [-0.15, -0.1) is 12.4 Å². The van der Waals surface area contributed by atoms with Crippen molar-refractivity contribution in [3.8, 4) is 5.75 Å². The molecule has 1 unspecified atom stereocenters. The van der Waals surface area contributed by atoms with E-state index < -0.39 is 11.9 Å². The number of rotatable bonds is 7. The summed E-state index contributed by atoms with van der Waals surface area (Å²) in [6.45, 7) is 2.47. The molecule has 0 bridgehead atoms. The number of carbonyl (C=O) groups is 2. The van der Waals surface area contributed by atoms with Gasteiger partial charge in [0.05, 0.1) is 6.54 Å². The predicted octanol–water partition coefficient (Wildman–Crippen LogP) is 2.34. The number of anilines is 1. The van der Waals surface area contributed by atoms with Gasteiger partial charge in [-0.25, -0.2) is 9.28 Å². The fourth-order valence-electron chi connectivity index (χ4n) is 2.34. The second kappa shape index (κ2) is 8.47. The minimum atomic E-state index is -0.941. The van der Waals surface area contributed by atoms with E-state index in [2.05, 4.69) is 10.3 Å². The van der Waals surface area contributed by atoms with Gasteiger partial charge < -0.3 is 15.5 Å². The number of phenols is 1. The summed E-state index contributed by atoms with van der Waals surface area (Å²) in [4.78, 5) is 27.4. The number of carboxylic acids is 1. The van der Waals surface area contributed by atoms with E-state index >= 15 is 0 Å². The third-order valence-corrected chi connectivity index (χ3v) is 3.52. The van der Waals surface area contributed by atoms with Crippen LogP contribution in [0.3, 0.4) is 0 Å². The number of quaternary nitrogens is 1. The molecular weight excluding hydrogens is 334 g/mol. The Morgan fingerprint density at radius 3 is 2.50 bits per heavy atom. The van der Waals surface area contributed by atoms with Crippen molar-refractivity contribution in [1.29, 1.82) is 0 Å². The summed E-state index contributed by atoms with van der Waals surface area (Å²) in [7, 11) is 0. The van der Waals surface area contributed by atoms with Gasteiger partial charge in [0.25, 0.3) is 5.91 Å². The Bertz CT molecular complexity index is 658. The van der Waals surface area contributed by atoms with E-state index in [0.717, 1.165) is 12.8 Å². The Morgan fingerprint density at radius 2 is 1.92 bits per heavy atom. The summed E-state index contributed by atoms with van der Waals surface area (Å²) in [6.07, 6.45) is 4.86. The Balaban J connectivity index is 0.00000288. The lowest BCUT2D eigenvalue weighted by Gasteiger charge is -2.25. The molecule has 3 N–H and O–H groups in total.